The number of para-hydroxylation sites is 1. The topological polar surface area (TPSA) is 88.9 Å². The molecule has 168 valence electrons. The molecule has 3 rings (SSSR count). The molecule has 0 fully saturated rings. The molecule has 0 spiro atoms. The van der Waals surface area contributed by atoms with Crippen LogP contribution >= 0.6 is 15.9 Å². The van der Waals surface area contributed by atoms with Crippen molar-refractivity contribution in [2.75, 3.05) is 27.4 Å². The summed E-state index contributed by atoms with van der Waals surface area (Å²) in [6, 6.07) is 12.4. The molecule has 0 aliphatic heterocycles. The Kier molecular flexibility index (Phi) is 7.53. The van der Waals surface area contributed by atoms with Crippen LogP contribution in [-0.4, -0.2) is 49.2 Å². The van der Waals surface area contributed by atoms with Crippen LogP contribution in [-0.2, 0) is 9.47 Å². The summed E-state index contributed by atoms with van der Waals surface area (Å²) in [6.45, 7) is 4.58. The fourth-order valence-corrected chi connectivity index (χ4v) is 3.77. The average Bonchev–Trinajstić information content (AvgIpc) is 3.21. The number of esters is 2. The molecule has 1 aromatic heterocycles. The van der Waals surface area contributed by atoms with Crippen molar-refractivity contribution in [3.05, 3.63) is 58.2 Å². The molecular formula is C23H23BrN2O6. The molecule has 8 nitrogen and oxygen atoms in total. The number of rotatable bonds is 8. The first-order valence-corrected chi connectivity index (χ1v) is 10.7. The second-order valence-corrected chi connectivity index (χ2v) is 7.31. The molecule has 9 heteroatoms. The van der Waals surface area contributed by atoms with Crippen molar-refractivity contribution < 1.29 is 28.5 Å². The minimum absolute atomic E-state index is 0.0123. The number of hydrogen-bond acceptors (Lipinski definition) is 7. The van der Waals surface area contributed by atoms with E-state index in [4.69, 9.17) is 18.9 Å². The SMILES string of the molecule is CCOc1cc(-c2nn(-c3ccccc3)c(C(=O)OC)c2C(=O)OC)cc(Br)c1OCC. The van der Waals surface area contributed by atoms with E-state index < -0.39 is 11.9 Å². The number of benzene rings is 2. The highest BCUT2D eigenvalue weighted by Gasteiger charge is 2.32. The first-order valence-electron chi connectivity index (χ1n) is 9.91. The van der Waals surface area contributed by atoms with E-state index in [1.54, 1.807) is 36.4 Å². The van der Waals surface area contributed by atoms with Crippen molar-refractivity contribution in [2.45, 2.75) is 13.8 Å². The minimum atomic E-state index is -0.719. The summed E-state index contributed by atoms with van der Waals surface area (Å²) in [5.74, 6) is -0.426. The summed E-state index contributed by atoms with van der Waals surface area (Å²) in [7, 11) is 2.48. The van der Waals surface area contributed by atoms with Crippen molar-refractivity contribution in [2.24, 2.45) is 0 Å². The maximum Gasteiger partial charge on any atom is 0.357 e. The minimum Gasteiger partial charge on any atom is -0.490 e. The Morgan fingerprint density at radius 2 is 1.62 bits per heavy atom. The first kappa shape index (κ1) is 23.3. The highest BCUT2D eigenvalue weighted by molar-refractivity contribution is 9.10. The van der Waals surface area contributed by atoms with Gasteiger partial charge in [0.1, 0.15) is 11.3 Å². The van der Waals surface area contributed by atoms with E-state index >= 15 is 0 Å². The zero-order valence-electron chi connectivity index (χ0n) is 18.2. The lowest BCUT2D eigenvalue weighted by atomic mass is 10.0. The zero-order valence-corrected chi connectivity index (χ0v) is 19.8. The van der Waals surface area contributed by atoms with Gasteiger partial charge >= 0.3 is 11.9 Å². The third-order valence-electron chi connectivity index (χ3n) is 4.53. The van der Waals surface area contributed by atoms with Gasteiger partial charge in [0.2, 0.25) is 0 Å². The Morgan fingerprint density at radius 3 is 2.22 bits per heavy atom. The smallest absolute Gasteiger partial charge is 0.357 e. The number of methoxy groups -OCH3 is 2. The normalized spacial score (nSPS) is 10.5. The lowest BCUT2D eigenvalue weighted by Gasteiger charge is -2.14. The number of ether oxygens (including phenoxy) is 4. The van der Waals surface area contributed by atoms with Crippen LogP contribution < -0.4 is 9.47 Å². The Hall–Kier alpha value is -3.33. The Labute approximate surface area is 194 Å². The maximum atomic E-state index is 12.8. The molecule has 0 unspecified atom stereocenters. The van der Waals surface area contributed by atoms with Gasteiger partial charge in [-0.3, -0.25) is 0 Å². The predicted octanol–water partition coefficient (Wildman–Crippen LogP) is 4.67. The number of aromatic nitrogens is 2. The summed E-state index contributed by atoms with van der Waals surface area (Å²) in [4.78, 5) is 25.5. The third kappa shape index (κ3) is 4.47. The van der Waals surface area contributed by atoms with Gasteiger partial charge in [-0.2, -0.15) is 5.10 Å². The summed E-state index contributed by atoms with van der Waals surface area (Å²) in [5.41, 5.74) is 1.30. The van der Waals surface area contributed by atoms with E-state index in [0.29, 0.717) is 40.4 Å². The molecule has 2 aromatic carbocycles. The second kappa shape index (κ2) is 10.3. The molecule has 32 heavy (non-hydrogen) atoms. The third-order valence-corrected chi connectivity index (χ3v) is 5.11. The fourth-order valence-electron chi connectivity index (χ4n) is 3.21. The second-order valence-electron chi connectivity index (χ2n) is 6.45. The molecule has 3 aromatic rings. The summed E-state index contributed by atoms with van der Waals surface area (Å²) >= 11 is 3.51. The average molecular weight is 503 g/mol. The molecule has 0 aliphatic rings. The molecular weight excluding hydrogens is 480 g/mol. The number of hydrogen-bond donors (Lipinski definition) is 0. The van der Waals surface area contributed by atoms with Gasteiger partial charge in [0.25, 0.3) is 0 Å². The van der Waals surface area contributed by atoms with Crippen molar-refractivity contribution in [3.8, 4) is 28.4 Å². The molecule has 0 radical (unpaired) electrons. The number of nitrogens with zero attached hydrogens (tertiary/aromatic N) is 2. The van der Waals surface area contributed by atoms with Crippen molar-refractivity contribution in [1.29, 1.82) is 0 Å². The van der Waals surface area contributed by atoms with Crippen LogP contribution in [0.2, 0.25) is 0 Å². The molecule has 0 aliphatic carbocycles. The lowest BCUT2D eigenvalue weighted by molar-refractivity contribution is 0.0549. The highest BCUT2D eigenvalue weighted by atomic mass is 79.9. The van der Waals surface area contributed by atoms with Crippen molar-refractivity contribution in [3.63, 3.8) is 0 Å². The van der Waals surface area contributed by atoms with Gasteiger partial charge in [0.15, 0.2) is 17.2 Å². The van der Waals surface area contributed by atoms with E-state index in [9.17, 15) is 9.59 Å². The highest BCUT2D eigenvalue weighted by Crippen LogP contribution is 2.41. The van der Waals surface area contributed by atoms with Gasteiger partial charge < -0.3 is 18.9 Å². The zero-order chi connectivity index (χ0) is 23.3. The summed E-state index contributed by atoms with van der Waals surface area (Å²) in [6.07, 6.45) is 0. The van der Waals surface area contributed by atoms with Crippen LogP contribution in [0.3, 0.4) is 0 Å². The van der Waals surface area contributed by atoms with Crippen LogP contribution in [0.15, 0.2) is 46.9 Å². The van der Waals surface area contributed by atoms with E-state index in [1.807, 2.05) is 19.9 Å². The van der Waals surface area contributed by atoms with Crippen LogP contribution in [0.25, 0.3) is 16.9 Å². The summed E-state index contributed by atoms with van der Waals surface area (Å²) in [5, 5.41) is 4.60. The Morgan fingerprint density at radius 1 is 0.969 bits per heavy atom. The number of carbonyl (C=O) groups is 2. The Bertz CT molecular complexity index is 1130. The van der Waals surface area contributed by atoms with Crippen LogP contribution in [0, 0.1) is 0 Å². The van der Waals surface area contributed by atoms with Crippen LogP contribution in [0.5, 0.6) is 11.5 Å². The molecule has 0 bridgehead atoms. The summed E-state index contributed by atoms with van der Waals surface area (Å²) < 4.78 is 23.4. The lowest BCUT2D eigenvalue weighted by Crippen LogP contribution is -2.15. The van der Waals surface area contributed by atoms with E-state index in [-0.39, 0.29) is 17.0 Å². The molecule has 0 amide bonds. The van der Waals surface area contributed by atoms with Crippen LogP contribution in [0.1, 0.15) is 34.7 Å². The molecule has 0 atom stereocenters. The molecule has 1 heterocycles. The van der Waals surface area contributed by atoms with Gasteiger partial charge in [0.05, 0.1) is 37.6 Å². The van der Waals surface area contributed by atoms with Crippen molar-refractivity contribution >= 4 is 27.9 Å². The van der Waals surface area contributed by atoms with Gasteiger partial charge in [-0.05, 0) is 54.0 Å². The maximum absolute atomic E-state index is 12.8. The molecule has 0 saturated carbocycles. The van der Waals surface area contributed by atoms with E-state index in [2.05, 4.69) is 21.0 Å². The largest absolute Gasteiger partial charge is 0.490 e. The quantitative estimate of drug-likeness (QED) is 0.413. The Balaban J connectivity index is 2.34. The van der Waals surface area contributed by atoms with E-state index in [1.165, 1.54) is 18.9 Å². The van der Waals surface area contributed by atoms with Gasteiger partial charge in [-0.1, -0.05) is 18.2 Å². The standard InChI is InChI=1S/C23H23BrN2O6/c1-5-31-17-13-14(12-16(24)21(17)32-6-2)19-18(22(27)29-3)20(23(28)30-4)26(25-19)15-10-8-7-9-11-15/h7-13H,5-6H2,1-4H3. The predicted molar refractivity (Wildman–Crippen MR) is 122 cm³/mol. The van der Waals surface area contributed by atoms with Crippen LogP contribution in [0.4, 0.5) is 0 Å². The van der Waals surface area contributed by atoms with Gasteiger partial charge in [-0.15, -0.1) is 0 Å². The molecule has 0 N–H and O–H groups in total. The number of halogens is 1. The monoisotopic (exact) mass is 502 g/mol. The number of carbonyl (C=O) groups excluding carboxylic acids is 2. The van der Waals surface area contributed by atoms with E-state index in [0.717, 1.165) is 0 Å². The fraction of sp³-hybridized carbons (Fsp3) is 0.261. The van der Waals surface area contributed by atoms with Gasteiger partial charge in [-0.25, -0.2) is 14.3 Å². The first-order chi connectivity index (χ1) is 15.5. The van der Waals surface area contributed by atoms with Gasteiger partial charge in [0, 0.05) is 5.56 Å². The molecule has 0 saturated heterocycles. The van der Waals surface area contributed by atoms with Crippen molar-refractivity contribution in [1.82, 2.24) is 9.78 Å².